The fourth-order valence-electron chi connectivity index (χ4n) is 0.906. The lowest BCUT2D eigenvalue weighted by Gasteiger charge is -2.08. The summed E-state index contributed by atoms with van der Waals surface area (Å²) in [5, 5.41) is 0. The number of carbonyl (C=O) groups is 1. The van der Waals surface area contributed by atoms with Crippen LogP contribution >= 0.6 is 0 Å². The molecule has 0 amide bonds. The van der Waals surface area contributed by atoms with Gasteiger partial charge in [0.1, 0.15) is 6.10 Å². The van der Waals surface area contributed by atoms with Crippen molar-refractivity contribution < 1.29 is 14.3 Å². The monoisotopic (exact) mass is 144 g/mol. The molecule has 1 aliphatic heterocycles. The van der Waals surface area contributed by atoms with Gasteiger partial charge in [-0.25, -0.2) is 0 Å². The SMILES string of the molecule is CC(=O)OC(C)CC1CO1. The van der Waals surface area contributed by atoms with Crippen molar-refractivity contribution >= 4 is 5.97 Å². The maximum atomic E-state index is 10.4. The highest BCUT2D eigenvalue weighted by molar-refractivity contribution is 5.66. The van der Waals surface area contributed by atoms with Gasteiger partial charge in [0.2, 0.25) is 0 Å². The van der Waals surface area contributed by atoms with Gasteiger partial charge in [-0.05, 0) is 6.92 Å². The summed E-state index contributed by atoms with van der Waals surface area (Å²) in [6.45, 7) is 4.12. The van der Waals surface area contributed by atoms with Crippen molar-refractivity contribution in [3.63, 3.8) is 0 Å². The van der Waals surface area contributed by atoms with E-state index < -0.39 is 0 Å². The van der Waals surface area contributed by atoms with Crippen LogP contribution in [0, 0.1) is 0 Å². The van der Waals surface area contributed by atoms with E-state index in [9.17, 15) is 4.79 Å². The molecule has 0 spiro atoms. The molecule has 0 radical (unpaired) electrons. The summed E-state index contributed by atoms with van der Waals surface area (Å²) in [5.41, 5.74) is 0. The van der Waals surface area contributed by atoms with Crippen molar-refractivity contribution in [2.24, 2.45) is 0 Å². The highest BCUT2D eigenvalue weighted by Gasteiger charge is 2.25. The number of rotatable bonds is 3. The zero-order chi connectivity index (χ0) is 7.56. The number of epoxide rings is 1. The lowest BCUT2D eigenvalue weighted by Crippen LogP contribution is -2.14. The summed E-state index contributed by atoms with van der Waals surface area (Å²) in [6, 6.07) is 0. The van der Waals surface area contributed by atoms with Gasteiger partial charge in [-0.2, -0.15) is 0 Å². The summed E-state index contributed by atoms with van der Waals surface area (Å²) >= 11 is 0. The molecule has 1 saturated heterocycles. The molecule has 1 fully saturated rings. The van der Waals surface area contributed by atoms with E-state index in [2.05, 4.69) is 0 Å². The van der Waals surface area contributed by atoms with E-state index in [1.807, 2.05) is 6.92 Å². The molecule has 0 saturated carbocycles. The summed E-state index contributed by atoms with van der Waals surface area (Å²) in [5.74, 6) is -0.215. The minimum absolute atomic E-state index is 0.00463. The van der Waals surface area contributed by atoms with Gasteiger partial charge in [0.05, 0.1) is 12.7 Å². The van der Waals surface area contributed by atoms with Crippen molar-refractivity contribution in [2.75, 3.05) is 6.61 Å². The van der Waals surface area contributed by atoms with Crippen LogP contribution in [-0.2, 0) is 14.3 Å². The van der Waals surface area contributed by atoms with Crippen molar-refractivity contribution in [3.05, 3.63) is 0 Å². The van der Waals surface area contributed by atoms with E-state index >= 15 is 0 Å². The molecular weight excluding hydrogens is 132 g/mol. The lowest BCUT2D eigenvalue weighted by atomic mass is 10.2. The van der Waals surface area contributed by atoms with Crippen molar-refractivity contribution in [1.82, 2.24) is 0 Å². The molecule has 2 unspecified atom stereocenters. The van der Waals surface area contributed by atoms with Gasteiger partial charge < -0.3 is 9.47 Å². The first-order valence-electron chi connectivity index (χ1n) is 3.47. The summed E-state index contributed by atoms with van der Waals surface area (Å²) in [4.78, 5) is 10.4. The Morgan fingerprint density at radius 3 is 2.90 bits per heavy atom. The van der Waals surface area contributed by atoms with Crippen LogP contribution < -0.4 is 0 Å². The largest absolute Gasteiger partial charge is 0.463 e. The molecule has 0 N–H and O–H groups in total. The summed E-state index contributed by atoms with van der Waals surface area (Å²) in [6.07, 6.45) is 1.18. The van der Waals surface area contributed by atoms with Crippen molar-refractivity contribution in [1.29, 1.82) is 0 Å². The minimum atomic E-state index is -0.215. The molecule has 58 valence electrons. The number of carbonyl (C=O) groups excluding carboxylic acids is 1. The van der Waals surface area contributed by atoms with E-state index in [1.165, 1.54) is 6.92 Å². The molecule has 0 aliphatic carbocycles. The zero-order valence-electron chi connectivity index (χ0n) is 6.29. The number of hydrogen-bond acceptors (Lipinski definition) is 3. The second-order valence-corrected chi connectivity index (χ2v) is 2.61. The Morgan fingerprint density at radius 2 is 2.50 bits per heavy atom. The van der Waals surface area contributed by atoms with Crippen LogP contribution in [0.1, 0.15) is 20.3 Å². The van der Waals surface area contributed by atoms with E-state index in [1.54, 1.807) is 0 Å². The summed E-state index contributed by atoms with van der Waals surface area (Å²) < 4.78 is 9.85. The molecule has 1 rings (SSSR count). The third-order valence-electron chi connectivity index (χ3n) is 1.36. The normalized spacial score (nSPS) is 25.6. The van der Waals surface area contributed by atoms with Crippen LogP contribution in [0.4, 0.5) is 0 Å². The first-order valence-corrected chi connectivity index (χ1v) is 3.47. The Bertz CT molecular complexity index is 129. The van der Waals surface area contributed by atoms with Gasteiger partial charge in [-0.1, -0.05) is 0 Å². The van der Waals surface area contributed by atoms with Crippen LogP contribution in [0.3, 0.4) is 0 Å². The molecule has 0 aromatic carbocycles. The van der Waals surface area contributed by atoms with E-state index in [-0.39, 0.29) is 12.1 Å². The molecule has 2 atom stereocenters. The van der Waals surface area contributed by atoms with E-state index in [4.69, 9.17) is 9.47 Å². The van der Waals surface area contributed by atoms with Gasteiger partial charge in [-0.15, -0.1) is 0 Å². The highest BCUT2D eigenvalue weighted by Crippen LogP contribution is 2.16. The third-order valence-corrected chi connectivity index (χ3v) is 1.36. The van der Waals surface area contributed by atoms with Crippen LogP contribution in [0.2, 0.25) is 0 Å². The van der Waals surface area contributed by atoms with Crippen molar-refractivity contribution in [2.45, 2.75) is 32.5 Å². The maximum absolute atomic E-state index is 10.4. The Hall–Kier alpha value is -0.570. The molecule has 0 aromatic rings. The molecule has 3 heteroatoms. The fourth-order valence-corrected chi connectivity index (χ4v) is 0.906. The van der Waals surface area contributed by atoms with Gasteiger partial charge in [0, 0.05) is 13.3 Å². The number of ether oxygens (including phenoxy) is 2. The van der Waals surface area contributed by atoms with Crippen LogP contribution in [0.15, 0.2) is 0 Å². The average molecular weight is 144 g/mol. The van der Waals surface area contributed by atoms with E-state index in [0.29, 0.717) is 6.10 Å². The summed E-state index contributed by atoms with van der Waals surface area (Å²) in [7, 11) is 0. The second kappa shape index (κ2) is 3.01. The molecule has 1 heterocycles. The van der Waals surface area contributed by atoms with Gasteiger partial charge in [0.15, 0.2) is 0 Å². The zero-order valence-corrected chi connectivity index (χ0v) is 6.29. The number of hydrogen-bond donors (Lipinski definition) is 0. The smallest absolute Gasteiger partial charge is 0.302 e. The Morgan fingerprint density at radius 1 is 1.90 bits per heavy atom. The number of esters is 1. The molecule has 1 aliphatic rings. The topological polar surface area (TPSA) is 38.8 Å². The maximum Gasteiger partial charge on any atom is 0.302 e. The first-order chi connectivity index (χ1) is 4.68. The van der Waals surface area contributed by atoms with Gasteiger partial charge >= 0.3 is 5.97 Å². The molecule has 0 aromatic heterocycles. The Labute approximate surface area is 60.3 Å². The molecule has 10 heavy (non-hydrogen) atoms. The van der Waals surface area contributed by atoms with Crippen LogP contribution in [0.5, 0.6) is 0 Å². The van der Waals surface area contributed by atoms with Gasteiger partial charge in [-0.3, -0.25) is 4.79 Å². The third kappa shape index (κ3) is 2.82. The highest BCUT2D eigenvalue weighted by atomic mass is 16.6. The van der Waals surface area contributed by atoms with E-state index in [0.717, 1.165) is 13.0 Å². The molecule has 3 nitrogen and oxygen atoms in total. The van der Waals surface area contributed by atoms with Crippen molar-refractivity contribution in [3.8, 4) is 0 Å². The minimum Gasteiger partial charge on any atom is -0.463 e. The predicted molar refractivity (Wildman–Crippen MR) is 35.6 cm³/mol. The lowest BCUT2D eigenvalue weighted by molar-refractivity contribution is -0.145. The fraction of sp³-hybridized carbons (Fsp3) is 0.857. The first kappa shape index (κ1) is 7.54. The Balaban J connectivity index is 2.07. The quantitative estimate of drug-likeness (QED) is 0.433. The molecule has 0 bridgehead atoms. The van der Waals surface area contributed by atoms with Gasteiger partial charge in [0.25, 0.3) is 0 Å². The van der Waals surface area contributed by atoms with Crippen LogP contribution in [0.25, 0.3) is 0 Å². The average Bonchev–Trinajstić information content (AvgIpc) is 2.46. The Kier molecular flexibility index (Phi) is 2.27. The molecular formula is C7H12O3. The predicted octanol–water partition coefficient (Wildman–Crippen LogP) is 0.727. The standard InChI is InChI=1S/C7H12O3/c1-5(10-6(2)8)3-7-4-9-7/h5,7H,3-4H2,1-2H3. The second-order valence-electron chi connectivity index (χ2n) is 2.61. The van der Waals surface area contributed by atoms with Crippen LogP contribution in [-0.4, -0.2) is 24.8 Å².